The average Bonchev–Trinajstić information content (AvgIpc) is 3.59. The van der Waals surface area contributed by atoms with Gasteiger partial charge in [-0.25, -0.2) is 9.78 Å². The number of benzene rings is 2. The number of fused-ring (bicyclic) bond motifs is 1. The summed E-state index contributed by atoms with van der Waals surface area (Å²) in [4.78, 5) is 31.4. The van der Waals surface area contributed by atoms with Crippen LogP contribution in [0.2, 0.25) is 0 Å². The van der Waals surface area contributed by atoms with Crippen molar-refractivity contribution in [1.82, 2.24) is 39.3 Å². The summed E-state index contributed by atoms with van der Waals surface area (Å²) < 4.78 is 9.90. The van der Waals surface area contributed by atoms with Gasteiger partial charge in [0.2, 0.25) is 5.82 Å². The van der Waals surface area contributed by atoms with Crippen LogP contribution < -0.4 is 11.2 Å². The molecule has 5 rings (SSSR count). The van der Waals surface area contributed by atoms with E-state index in [1.54, 1.807) is 11.7 Å². The van der Waals surface area contributed by atoms with E-state index in [0.717, 1.165) is 28.1 Å². The molecule has 0 aliphatic rings. The number of nitrogens with one attached hydrogen (secondary N) is 1. The highest BCUT2D eigenvalue weighted by molar-refractivity contribution is 5.80. The highest BCUT2D eigenvalue weighted by Gasteiger charge is 2.22. The topological polar surface area (TPSA) is 126 Å². The SMILES string of the molecule is CCn1c(=O)n(CCOC)c(=O)c2c1nc(C(C)C)n2Cc1ccc(-c2ccccc2-c2nn[nH]n2)cc1. The minimum Gasteiger partial charge on any atom is -0.383 e. The third kappa shape index (κ3) is 4.45. The average molecular weight is 515 g/mol. The Hall–Kier alpha value is -4.38. The van der Waals surface area contributed by atoms with Crippen molar-refractivity contribution in [3.8, 4) is 22.5 Å². The number of hydrogen-bond acceptors (Lipinski definition) is 7. The molecule has 0 saturated heterocycles. The first-order valence-corrected chi connectivity index (χ1v) is 12.6. The Bertz CT molecular complexity index is 1680. The van der Waals surface area contributed by atoms with Crippen molar-refractivity contribution in [3.05, 3.63) is 80.8 Å². The molecule has 11 nitrogen and oxygen atoms in total. The zero-order valence-corrected chi connectivity index (χ0v) is 21.9. The van der Waals surface area contributed by atoms with E-state index >= 15 is 0 Å². The number of H-pyrrole nitrogens is 1. The molecular weight excluding hydrogens is 484 g/mol. The molecule has 0 unspecified atom stereocenters. The zero-order valence-electron chi connectivity index (χ0n) is 21.9. The highest BCUT2D eigenvalue weighted by atomic mass is 16.5. The number of imidazole rings is 1. The molecule has 3 aromatic heterocycles. The van der Waals surface area contributed by atoms with Gasteiger partial charge in [-0.1, -0.05) is 62.4 Å². The summed E-state index contributed by atoms with van der Waals surface area (Å²) in [6.07, 6.45) is 0. The normalized spacial score (nSPS) is 11.6. The van der Waals surface area contributed by atoms with E-state index in [-0.39, 0.29) is 30.3 Å². The van der Waals surface area contributed by atoms with Crippen LogP contribution in [0.15, 0.2) is 58.1 Å². The number of tetrazole rings is 1. The second-order valence-corrected chi connectivity index (χ2v) is 9.34. The summed E-state index contributed by atoms with van der Waals surface area (Å²) in [5, 5.41) is 14.4. The molecule has 2 aromatic carbocycles. The van der Waals surface area contributed by atoms with Crippen molar-refractivity contribution in [2.75, 3.05) is 13.7 Å². The van der Waals surface area contributed by atoms with Gasteiger partial charge in [0.05, 0.1) is 13.2 Å². The Morgan fingerprint density at radius 3 is 2.34 bits per heavy atom. The van der Waals surface area contributed by atoms with Crippen molar-refractivity contribution in [2.45, 2.75) is 46.3 Å². The van der Waals surface area contributed by atoms with E-state index in [0.29, 0.717) is 30.1 Å². The van der Waals surface area contributed by atoms with Crippen molar-refractivity contribution < 1.29 is 4.74 Å². The molecule has 11 heteroatoms. The van der Waals surface area contributed by atoms with E-state index in [1.165, 1.54) is 4.57 Å². The lowest BCUT2D eigenvalue weighted by Gasteiger charge is -2.14. The third-order valence-electron chi connectivity index (χ3n) is 6.61. The highest BCUT2D eigenvalue weighted by Crippen LogP contribution is 2.30. The van der Waals surface area contributed by atoms with Crippen molar-refractivity contribution in [3.63, 3.8) is 0 Å². The Morgan fingerprint density at radius 1 is 0.974 bits per heavy atom. The summed E-state index contributed by atoms with van der Waals surface area (Å²) in [5.41, 5.74) is 4.02. The van der Waals surface area contributed by atoms with Gasteiger partial charge in [0.1, 0.15) is 5.82 Å². The molecule has 196 valence electrons. The first kappa shape index (κ1) is 25.3. The molecule has 3 heterocycles. The van der Waals surface area contributed by atoms with Crippen LogP contribution in [0.25, 0.3) is 33.7 Å². The molecule has 1 N–H and O–H groups in total. The summed E-state index contributed by atoms with van der Waals surface area (Å²) in [5.74, 6) is 1.34. The van der Waals surface area contributed by atoms with E-state index in [4.69, 9.17) is 9.72 Å². The molecule has 0 saturated carbocycles. The quantitative estimate of drug-likeness (QED) is 0.320. The second-order valence-electron chi connectivity index (χ2n) is 9.34. The number of hydrogen-bond donors (Lipinski definition) is 1. The number of ether oxygens (including phenoxy) is 1. The molecule has 0 aliphatic carbocycles. The van der Waals surface area contributed by atoms with Gasteiger partial charge in [-0.15, -0.1) is 10.2 Å². The lowest BCUT2D eigenvalue weighted by Crippen LogP contribution is -2.41. The Kier molecular flexibility index (Phi) is 7.01. The lowest BCUT2D eigenvalue weighted by molar-refractivity contribution is 0.184. The van der Waals surface area contributed by atoms with Crippen LogP contribution in [0.5, 0.6) is 0 Å². The van der Waals surface area contributed by atoms with Gasteiger partial charge in [0.15, 0.2) is 11.2 Å². The van der Waals surface area contributed by atoms with E-state index in [9.17, 15) is 9.59 Å². The maximum Gasteiger partial charge on any atom is 0.332 e. The molecule has 0 spiro atoms. The van der Waals surface area contributed by atoms with Gasteiger partial charge in [-0.05, 0) is 28.8 Å². The van der Waals surface area contributed by atoms with Crippen molar-refractivity contribution in [1.29, 1.82) is 0 Å². The molecule has 0 amide bonds. The molecule has 0 fully saturated rings. The van der Waals surface area contributed by atoms with Crippen LogP contribution in [0.1, 0.15) is 38.1 Å². The first-order valence-electron chi connectivity index (χ1n) is 12.6. The smallest absolute Gasteiger partial charge is 0.332 e. The summed E-state index contributed by atoms with van der Waals surface area (Å²) in [7, 11) is 1.55. The van der Waals surface area contributed by atoms with Gasteiger partial charge in [-0.2, -0.15) is 5.21 Å². The second kappa shape index (κ2) is 10.5. The van der Waals surface area contributed by atoms with E-state index < -0.39 is 0 Å². The van der Waals surface area contributed by atoms with Crippen LogP contribution in [-0.2, 0) is 24.4 Å². The number of rotatable bonds is 9. The summed E-state index contributed by atoms with van der Waals surface area (Å²) in [6, 6.07) is 16.1. The Balaban J connectivity index is 1.59. The molecule has 38 heavy (non-hydrogen) atoms. The maximum atomic E-state index is 13.6. The monoisotopic (exact) mass is 514 g/mol. The predicted molar refractivity (Wildman–Crippen MR) is 144 cm³/mol. The van der Waals surface area contributed by atoms with Crippen LogP contribution >= 0.6 is 0 Å². The number of nitrogens with zero attached hydrogens (tertiary/aromatic N) is 7. The van der Waals surface area contributed by atoms with Crippen LogP contribution in [-0.4, -0.2) is 53.0 Å². The predicted octanol–water partition coefficient (Wildman–Crippen LogP) is 3.04. The molecule has 0 bridgehead atoms. The number of aromatic amines is 1. The summed E-state index contributed by atoms with van der Waals surface area (Å²) in [6.45, 7) is 7.25. The fraction of sp³-hybridized carbons (Fsp3) is 0.333. The van der Waals surface area contributed by atoms with Crippen molar-refractivity contribution in [2.24, 2.45) is 0 Å². The lowest BCUT2D eigenvalue weighted by atomic mass is 9.98. The number of aromatic nitrogens is 8. The molecular formula is C27H30N8O3. The number of methoxy groups -OCH3 is 1. The molecule has 0 aliphatic heterocycles. The maximum absolute atomic E-state index is 13.6. The van der Waals surface area contributed by atoms with Gasteiger partial charge in [0.25, 0.3) is 5.56 Å². The van der Waals surface area contributed by atoms with Crippen molar-refractivity contribution >= 4 is 11.2 Å². The van der Waals surface area contributed by atoms with Gasteiger partial charge in [0, 0.05) is 31.7 Å². The summed E-state index contributed by atoms with van der Waals surface area (Å²) >= 11 is 0. The van der Waals surface area contributed by atoms with Crippen LogP contribution in [0.4, 0.5) is 0 Å². The number of aryl methyl sites for hydroxylation is 1. The first-order chi connectivity index (χ1) is 18.4. The molecule has 5 aromatic rings. The fourth-order valence-electron chi connectivity index (χ4n) is 4.75. The fourth-order valence-corrected chi connectivity index (χ4v) is 4.75. The minimum atomic E-state index is -0.369. The van der Waals surface area contributed by atoms with E-state index in [2.05, 4.69) is 20.6 Å². The van der Waals surface area contributed by atoms with E-state index in [1.807, 2.05) is 73.9 Å². The van der Waals surface area contributed by atoms with Gasteiger partial charge < -0.3 is 9.30 Å². The molecule has 0 atom stereocenters. The standard InChI is InChI=1S/C27H30N8O3/c1-5-33-25-22(26(36)34(27(33)37)14-15-38-4)35(24(28-25)17(2)3)16-18-10-12-19(13-11-18)20-8-6-7-9-21(20)23-29-31-32-30-23/h6-13,17H,5,14-16H2,1-4H3,(H,29,30,31,32). The molecule has 0 radical (unpaired) electrons. The minimum absolute atomic E-state index is 0.0516. The zero-order chi connectivity index (χ0) is 26.8. The largest absolute Gasteiger partial charge is 0.383 e. The Morgan fingerprint density at radius 2 is 1.71 bits per heavy atom. The van der Waals surface area contributed by atoms with Gasteiger partial charge in [-0.3, -0.25) is 13.9 Å². The van der Waals surface area contributed by atoms with Crippen LogP contribution in [0.3, 0.4) is 0 Å². The third-order valence-corrected chi connectivity index (χ3v) is 6.61. The van der Waals surface area contributed by atoms with Gasteiger partial charge >= 0.3 is 5.69 Å². The Labute approximate surface area is 218 Å². The van der Waals surface area contributed by atoms with Crippen LogP contribution in [0, 0.1) is 0 Å².